The van der Waals surface area contributed by atoms with E-state index in [1.54, 1.807) is 20.9 Å². The molecule has 0 atom stereocenters. The molecular weight excluding hydrogens is 270 g/mol. The smallest absolute Gasteiger partial charge is 0.355 e. The summed E-state index contributed by atoms with van der Waals surface area (Å²) >= 11 is 1.17. The van der Waals surface area contributed by atoms with E-state index in [2.05, 4.69) is 10.3 Å². The van der Waals surface area contributed by atoms with Crippen LogP contribution in [0.25, 0.3) is 0 Å². The van der Waals surface area contributed by atoms with Crippen LogP contribution in [0.1, 0.15) is 29.3 Å². The summed E-state index contributed by atoms with van der Waals surface area (Å²) in [6.07, 6.45) is 0. The first-order valence-electron chi connectivity index (χ1n) is 5.58. The van der Waals surface area contributed by atoms with Crippen LogP contribution in [0, 0.1) is 0 Å². The van der Waals surface area contributed by atoms with Crippen LogP contribution in [0.4, 0.5) is 4.79 Å². The monoisotopic (exact) mass is 287 g/mol. The van der Waals surface area contributed by atoms with Crippen molar-refractivity contribution in [1.82, 2.24) is 15.2 Å². The van der Waals surface area contributed by atoms with Gasteiger partial charge in [0.05, 0.1) is 18.7 Å². The lowest BCUT2D eigenvalue weighted by atomic mass is 10.1. The fraction of sp³-hybridized carbons (Fsp3) is 0.545. The molecule has 8 heteroatoms. The summed E-state index contributed by atoms with van der Waals surface area (Å²) in [5, 5.41) is 22.4. The third-order valence-corrected chi connectivity index (χ3v) is 3.61. The Bertz CT molecular complexity index is 472. The fourth-order valence-corrected chi connectivity index (χ4v) is 1.85. The summed E-state index contributed by atoms with van der Waals surface area (Å²) in [6.45, 7) is 3.47. The van der Waals surface area contributed by atoms with E-state index in [0.717, 1.165) is 0 Å². The number of aromatic nitrogens is 1. The molecule has 0 bridgehead atoms. The molecule has 0 aromatic carbocycles. The van der Waals surface area contributed by atoms with E-state index in [1.807, 2.05) is 0 Å². The number of thiazole rings is 1. The zero-order valence-corrected chi connectivity index (χ0v) is 11.8. The first-order chi connectivity index (χ1) is 8.77. The summed E-state index contributed by atoms with van der Waals surface area (Å²) in [5.41, 5.74) is -0.697. The summed E-state index contributed by atoms with van der Waals surface area (Å²) < 4.78 is 0. The molecule has 0 saturated heterocycles. The van der Waals surface area contributed by atoms with Gasteiger partial charge in [0.1, 0.15) is 5.01 Å². The molecule has 7 nitrogen and oxygen atoms in total. The zero-order chi connectivity index (χ0) is 14.6. The van der Waals surface area contributed by atoms with Gasteiger partial charge in [-0.2, -0.15) is 0 Å². The van der Waals surface area contributed by atoms with Crippen molar-refractivity contribution in [3.8, 4) is 0 Å². The third kappa shape index (κ3) is 3.90. The molecule has 1 rings (SSSR count). The lowest BCUT2D eigenvalue weighted by Gasteiger charge is -2.33. The molecule has 0 aliphatic carbocycles. The second-order valence-electron chi connectivity index (χ2n) is 4.62. The molecular formula is C11H17N3O4S. The highest BCUT2D eigenvalue weighted by molar-refractivity contribution is 7.09. The van der Waals surface area contributed by atoms with Crippen LogP contribution in [0.15, 0.2) is 5.38 Å². The number of nitrogens with one attached hydrogen (secondary N) is 1. The van der Waals surface area contributed by atoms with E-state index in [9.17, 15) is 9.59 Å². The van der Waals surface area contributed by atoms with E-state index in [4.69, 9.17) is 10.2 Å². The molecule has 1 aromatic rings. The quantitative estimate of drug-likeness (QED) is 0.741. The molecule has 0 unspecified atom stereocenters. The number of likely N-dealkylation sites (N-methyl/N-ethyl adjacent to an activating group) is 1. The van der Waals surface area contributed by atoms with Gasteiger partial charge in [-0.05, 0) is 13.8 Å². The Morgan fingerprint density at radius 1 is 1.53 bits per heavy atom. The Morgan fingerprint density at radius 2 is 2.16 bits per heavy atom. The molecule has 0 fully saturated rings. The van der Waals surface area contributed by atoms with Crippen molar-refractivity contribution >= 4 is 23.3 Å². The van der Waals surface area contributed by atoms with E-state index >= 15 is 0 Å². The van der Waals surface area contributed by atoms with Crippen LogP contribution in [0.2, 0.25) is 0 Å². The molecule has 19 heavy (non-hydrogen) atoms. The number of hydrogen-bond donors (Lipinski definition) is 3. The topological polar surface area (TPSA) is 103 Å². The maximum atomic E-state index is 11.8. The predicted molar refractivity (Wildman–Crippen MR) is 70.2 cm³/mol. The number of carboxylic acids is 1. The molecule has 0 spiro atoms. The first kappa shape index (κ1) is 15.4. The Labute approximate surface area is 114 Å². The number of carbonyl (C=O) groups excluding carboxylic acids is 1. The highest BCUT2D eigenvalue weighted by Crippen LogP contribution is 2.12. The minimum atomic E-state index is -1.09. The van der Waals surface area contributed by atoms with E-state index < -0.39 is 11.5 Å². The highest BCUT2D eigenvalue weighted by atomic mass is 32.1. The number of nitrogens with zero attached hydrogens (tertiary/aromatic N) is 2. The Morgan fingerprint density at radius 3 is 2.63 bits per heavy atom. The molecule has 0 radical (unpaired) electrons. The number of rotatable bonds is 5. The number of aromatic carboxylic acids is 1. The van der Waals surface area contributed by atoms with Gasteiger partial charge < -0.3 is 20.4 Å². The molecule has 1 heterocycles. The van der Waals surface area contributed by atoms with Crippen molar-refractivity contribution in [1.29, 1.82) is 0 Å². The van der Waals surface area contributed by atoms with Crippen LogP contribution in [0.5, 0.6) is 0 Å². The molecule has 1 aromatic heterocycles. The molecule has 0 saturated carbocycles. The van der Waals surface area contributed by atoms with Crippen molar-refractivity contribution in [2.75, 3.05) is 13.7 Å². The van der Waals surface area contributed by atoms with Crippen LogP contribution >= 0.6 is 11.3 Å². The SMILES string of the molecule is CN(C(=O)NCc1nc(C(=O)O)cs1)C(C)(C)CO. The van der Waals surface area contributed by atoms with Gasteiger partial charge in [0.15, 0.2) is 5.69 Å². The van der Waals surface area contributed by atoms with Crippen molar-refractivity contribution < 1.29 is 19.8 Å². The Kier molecular flexibility index (Phi) is 4.84. The van der Waals surface area contributed by atoms with Crippen LogP contribution in [0.3, 0.4) is 0 Å². The van der Waals surface area contributed by atoms with Gasteiger partial charge in [-0.25, -0.2) is 14.6 Å². The number of urea groups is 1. The number of aliphatic hydroxyl groups excluding tert-OH is 1. The number of carboxylic acid groups (broad SMARTS) is 1. The minimum absolute atomic E-state index is 0.0294. The minimum Gasteiger partial charge on any atom is -0.476 e. The number of aliphatic hydroxyl groups is 1. The Hall–Kier alpha value is -1.67. The van der Waals surface area contributed by atoms with Gasteiger partial charge >= 0.3 is 12.0 Å². The average Bonchev–Trinajstić information content (AvgIpc) is 2.83. The second-order valence-corrected chi connectivity index (χ2v) is 5.56. The fourth-order valence-electron chi connectivity index (χ4n) is 1.14. The standard InChI is InChI=1S/C11H17N3O4S/c1-11(2,6-15)14(3)10(18)12-4-8-13-7(5-19-8)9(16)17/h5,15H,4,6H2,1-3H3,(H,12,18)(H,16,17). The third-order valence-electron chi connectivity index (χ3n) is 2.76. The largest absolute Gasteiger partial charge is 0.476 e. The number of hydrogen-bond acceptors (Lipinski definition) is 5. The lowest BCUT2D eigenvalue weighted by Crippen LogP contribution is -2.51. The number of amides is 2. The maximum Gasteiger partial charge on any atom is 0.355 e. The van der Waals surface area contributed by atoms with Gasteiger partial charge in [0, 0.05) is 12.4 Å². The van der Waals surface area contributed by atoms with Crippen molar-refractivity contribution in [2.45, 2.75) is 25.9 Å². The van der Waals surface area contributed by atoms with Crippen LogP contribution in [-0.4, -0.2) is 51.3 Å². The second kappa shape index (κ2) is 5.98. The van der Waals surface area contributed by atoms with Gasteiger partial charge in [-0.3, -0.25) is 0 Å². The first-order valence-corrected chi connectivity index (χ1v) is 6.46. The van der Waals surface area contributed by atoms with Crippen molar-refractivity contribution in [2.24, 2.45) is 0 Å². The van der Waals surface area contributed by atoms with Crippen molar-refractivity contribution in [3.05, 3.63) is 16.1 Å². The summed E-state index contributed by atoms with van der Waals surface area (Å²) in [7, 11) is 1.58. The summed E-state index contributed by atoms with van der Waals surface area (Å²) in [4.78, 5) is 27.7. The lowest BCUT2D eigenvalue weighted by molar-refractivity contribution is 0.0691. The van der Waals surface area contributed by atoms with Gasteiger partial charge in [0.2, 0.25) is 0 Å². The van der Waals surface area contributed by atoms with E-state index in [-0.39, 0.29) is 24.9 Å². The number of carbonyl (C=O) groups is 2. The Balaban J connectivity index is 2.56. The summed E-state index contributed by atoms with van der Waals surface area (Å²) in [5.74, 6) is -1.09. The zero-order valence-electron chi connectivity index (χ0n) is 11.0. The van der Waals surface area contributed by atoms with Crippen molar-refractivity contribution in [3.63, 3.8) is 0 Å². The van der Waals surface area contributed by atoms with Crippen LogP contribution < -0.4 is 5.32 Å². The molecule has 0 aliphatic heterocycles. The summed E-state index contributed by atoms with van der Waals surface area (Å²) in [6, 6.07) is -0.355. The average molecular weight is 287 g/mol. The van der Waals surface area contributed by atoms with Gasteiger partial charge in [-0.1, -0.05) is 0 Å². The van der Waals surface area contributed by atoms with Crippen LogP contribution in [-0.2, 0) is 6.54 Å². The molecule has 3 N–H and O–H groups in total. The highest BCUT2D eigenvalue weighted by Gasteiger charge is 2.26. The molecule has 106 valence electrons. The van der Waals surface area contributed by atoms with Gasteiger partial charge in [0.25, 0.3) is 0 Å². The predicted octanol–water partition coefficient (Wildman–Crippen LogP) is 0.754. The van der Waals surface area contributed by atoms with E-state index in [0.29, 0.717) is 5.01 Å². The van der Waals surface area contributed by atoms with E-state index in [1.165, 1.54) is 21.6 Å². The molecule has 0 aliphatic rings. The van der Waals surface area contributed by atoms with Gasteiger partial charge in [-0.15, -0.1) is 11.3 Å². The normalized spacial score (nSPS) is 11.2. The maximum absolute atomic E-state index is 11.8. The molecule has 2 amide bonds.